The van der Waals surface area contributed by atoms with Crippen LogP contribution in [-0.4, -0.2) is 63.7 Å². The average molecular weight is 439 g/mol. The molecule has 2 aromatic rings. The van der Waals surface area contributed by atoms with E-state index in [0.29, 0.717) is 18.3 Å². The number of carbonyl (C=O) groups excluding carboxylic acids is 2. The molecule has 7 heteroatoms. The zero-order valence-corrected chi connectivity index (χ0v) is 19.3. The predicted molar refractivity (Wildman–Crippen MR) is 122 cm³/mol. The molecular formula is C25H34N4O3. The summed E-state index contributed by atoms with van der Waals surface area (Å²) in [5.74, 6) is -0.162. The summed E-state index contributed by atoms with van der Waals surface area (Å²) in [6, 6.07) is 10.9. The monoisotopic (exact) mass is 438 g/mol. The molecule has 1 saturated heterocycles. The van der Waals surface area contributed by atoms with Gasteiger partial charge in [-0.2, -0.15) is 5.10 Å². The minimum Gasteiger partial charge on any atom is -0.461 e. The molecule has 4 rings (SSSR count). The molecule has 1 fully saturated rings. The van der Waals surface area contributed by atoms with Crippen molar-refractivity contribution in [1.29, 1.82) is 0 Å². The number of esters is 1. The van der Waals surface area contributed by atoms with Crippen molar-refractivity contribution < 1.29 is 14.3 Å². The maximum absolute atomic E-state index is 12.7. The van der Waals surface area contributed by atoms with E-state index in [4.69, 9.17) is 9.84 Å². The summed E-state index contributed by atoms with van der Waals surface area (Å²) in [4.78, 5) is 28.7. The molecule has 0 radical (unpaired) electrons. The van der Waals surface area contributed by atoms with Gasteiger partial charge in [0.15, 0.2) is 5.69 Å². The van der Waals surface area contributed by atoms with Crippen LogP contribution >= 0.6 is 0 Å². The molecule has 0 aliphatic carbocycles. The van der Waals surface area contributed by atoms with E-state index in [9.17, 15) is 9.59 Å². The van der Waals surface area contributed by atoms with Gasteiger partial charge in [0.1, 0.15) is 0 Å². The van der Waals surface area contributed by atoms with Gasteiger partial charge in [-0.3, -0.25) is 14.4 Å². The first-order valence-electron chi connectivity index (χ1n) is 11.9. The van der Waals surface area contributed by atoms with Crippen LogP contribution in [0.5, 0.6) is 0 Å². The lowest BCUT2D eigenvalue weighted by Gasteiger charge is -2.40. The van der Waals surface area contributed by atoms with E-state index in [1.165, 1.54) is 11.3 Å². The number of hydrogen-bond donors (Lipinski definition) is 0. The zero-order chi connectivity index (χ0) is 22.5. The number of likely N-dealkylation sites (tertiary alicyclic amines) is 1. The Morgan fingerprint density at radius 2 is 1.88 bits per heavy atom. The number of fused-ring (bicyclic) bond motifs is 1. The van der Waals surface area contributed by atoms with Crippen LogP contribution in [0.15, 0.2) is 30.3 Å². The van der Waals surface area contributed by atoms with Crippen molar-refractivity contribution in [2.45, 2.75) is 65.1 Å². The van der Waals surface area contributed by atoms with Gasteiger partial charge >= 0.3 is 5.97 Å². The van der Waals surface area contributed by atoms with E-state index in [2.05, 4.69) is 29.2 Å². The molecule has 1 aromatic carbocycles. The molecule has 0 spiro atoms. The zero-order valence-electron chi connectivity index (χ0n) is 19.3. The second kappa shape index (κ2) is 10.3. The van der Waals surface area contributed by atoms with Gasteiger partial charge in [0.2, 0.25) is 5.91 Å². The fraction of sp³-hybridized carbons (Fsp3) is 0.560. The fourth-order valence-electron chi connectivity index (χ4n) is 5.00. The number of benzene rings is 1. The van der Waals surface area contributed by atoms with Crippen molar-refractivity contribution in [3.63, 3.8) is 0 Å². The van der Waals surface area contributed by atoms with Crippen LogP contribution in [0.2, 0.25) is 0 Å². The maximum atomic E-state index is 12.7. The standard InChI is InChI=1S/C25H34N4O3/c1-3-32-25(31)24-22-18-28(21-11-15-27(16-12-21)19(2)30)17-13-23(22)29(26-24)14-7-10-20-8-5-4-6-9-20/h4-6,8-9,21H,3,7,10-18H2,1-2H3. The van der Waals surface area contributed by atoms with E-state index in [1.54, 1.807) is 6.92 Å². The minimum atomic E-state index is -0.321. The second-order valence-electron chi connectivity index (χ2n) is 8.76. The van der Waals surface area contributed by atoms with Crippen LogP contribution in [0.25, 0.3) is 0 Å². The molecule has 0 N–H and O–H groups in total. The maximum Gasteiger partial charge on any atom is 0.359 e. The summed E-state index contributed by atoms with van der Waals surface area (Å²) in [6.07, 6.45) is 4.82. The number of amides is 1. The number of aryl methyl sites for hydroxylation is 2. The van der Waals surface area contributed by atoms with Crippen LogP contribution in [0.3, 0.4) is 0 Å². The number of carbonyl (C=O) groups is 2. The average Bonchev–Trinajstić information content (AvgIpc) is 3.18. The highest BCUT2D eigenvalue weighted by atomic mass is 16.5. The topological polar surface area (TPSA) is 67.7 Å². The molecule has 0 atom stereocenters. The Bertz CT molecular complexity index is 932. The number of piperidine rings is 1. The summed E-state index contributed by atoms with van der Waals surface area (Å²) in [5.41, 5.74) is 4.01. The molecule has 172 valence electrons. The lowest BCUT2D eigenvalue weighted by molar-refractivity contribution is -0.130. The summed E-state index contributed by atoms with van der Waals surface area (Å²) < 4.78 is 7.37. The third-order valence-corrected chi connectivity index (χ3v) is 6.74. The molecular weight excluding hydrogens is 404 g/mol. The summed E-state index contributed by atoms with van der Waals surface area (Å²) in [6.45, 7) is 7.94. The van der Waals surface area contributed by atoms with Crippen molar-refractivity contribution in [1.82, 2.24) is 19.6 Å². The SMILES string of the molecule is CCOC(=O)c1nn(CCCc2ccccc2)c2c1CN(C1CCN(C(C)=O)CC1)CC2. The van der Waals surface area contributed by atoms with Crippen LogP contribution in [0, 0.1) is 0 Å². The quantitative estimate of drug-likeness (QED) is 0.622. The third-order valence-electron chi connectivity index (χ3n) is 6.74. The first-order chi connectivity index (χ1) is 15.6. The number of aromatic nitrogens is 2. The highest BCUT2D eigenvalue weighted by molar-refractivity contribution is 5.89. The third kappa shape index (κ3) is 5.04. The van der Waals surface area contributed by atoms with Crippen molar-refractivity contribution >= 4 is 11.9 Å². The van der Waals surface area contributed by atoms with Gasteiger partial charge in [-0.05, 0) is 38.2 Å². The van der Waals surface area contributed by atoms with E-state index in [1.807, 2.05) is 22.6 Å². The highest BCUT2D eigenvalue weighted by Crippen LogP contribution is 2.28. The Kier molecular flexibility index (Phi) is 7.25. The van der Waals surface area contributed by atoms with Gasteiger partial charge in [-0.15, -0.1) is 0 Å². The smallest absolute Gasteiger partial charge is 0.359 e. The van der Waals surface area contributed by atoms with E-state index in [0.717, 1.165) is 70.4 Å². The van der Waals surface area contributed by atoms with E-state index in [-0.39, 0.29) is 11.9 Å². The van der Waals surface area contributed by atoms with Gasteiger partial charge in [0, 0.05) is 63.4 Å². The highest BCUT2D eigenvalue weighted by Gasteiger charge is 2.33. The molecule has 1 aromatic heterocycles. The first kappa shape index (κ1) is 22.5. The molecule has 2 aliphatic rings. The normalized spacial score (nSPS) is 17.2. The molecule has 1 amide bonds. The predicted octanol–water partition coefficient (Wildman–Crippen LogP) is 3.06. The van der Waals surface area contributed by atoms with Crippen molar-refractivity contribution in [2.24, 2.45) is 0 Å². The molecule has 0 unspecified atom stereocenters. The fourth-order valence-corrected chi connectivity index (χ4v) is 5.00. The lowest BCUT2D eigenvalue weighted by Crippen LogP contribution is -2.47. The van der Waals surface area contributed by atoms with Crippen molar-refractivity contribution in [3.05, 3.63) is 52.8 Å². The molecule has 0 saturated carbocycles. The van der Waals surface area contributed by atoms with E-state index >= 15 is 0 Å². The van der Waals surface area contributed by atoms with Crippen LogP contribution in [0.4, 0.5) is 0 Å². The second-order valence-corrected chi connectivity index (χ2v) is 8.76. The van der Waals surface area contributed by atoms with Crippen LogP contribution in [0.1, 0.15) is 60.4 Å². The molecule has 3 heterocycles. The Labute approximate surface area is 190 Å². The Morgan fingerprint density at radius 1 is 1.12 bits per heavy atom. The van der Waals surface area contributed by atoms with Gasteiger partial charge < -0.3 is 9.64 Å². The van der Waals surface area contributed by atoms with Gasteiger partial charge in [0.05, 0.1) is 6.61 Å². The Hall–Kier alpha value is -2.67. The van der Waals surface area contributed by atoms with Crippen molar-refractivity contribution in [3.8, 4) is 0 Å². The van der Waals surface area contributed by atoms with Crippen LogP contribution < -0.4 is 0 Å². The molecule has 32 heavy (non-hydrogen) atoms. The minimum absolute atomic E-state index is 0.158. The summed E-state index contributed by atoms with van der Waals surface area (Å²) in [5, 5.41) is 4.72. The van der Waals surface area contributed by atoms with Gasteiger partial charge in [-0.1, -0.05) is 30.3 Å². The first-order valence-corrected chi connectivity index (χ1v) is 11.9. The number of nitrogens with zero attached hydrogens (tertiary/aromatic N) is 4. The van der Waals surface area contributed by atoms with Crippen molar-refractivity contribution in [2.75, 3.05) is 26.2 Å². The van der Waals surface area contributed by atoms with E-state index < -0.39 is 0 Å². The number of hydrogen-bond acceptors (Lipinski definition) is 5. The molecule has 7 nitrogen and oxygen atoms in total. The summed E-state index contributed by atoms with van der Waals surface area (Å²) >= 11 is 0. The van der Waals surface area contributed by atoms with Crippen LogP contribution in [-0.2, 0) is 35.5 Å². The van der Waals surface area contributed by atoms with Gasteiger partial charge in [0.25, 0.3) is 0 Å². The molecule has 0 bridgehead atoms. The lowest BCUT2D eigenvalue weighted by atomic mass is 9.97. The molecule has 2 aliphatic heterocycles. The summed E-state index contributed by atoms with van der Waals surface area (Å²) in [7, 11) is 0. The Balaban J connectivity index is 1.46. The Morgan fingerprint density at radius 3 is 2.56 bits per heavy atom. The largest absolute Gasteiger partial charge is 0.461 e. The van der Waals surface area contributed by atoms with Gasteiger partial charge in [-0.25, -0.2) is 4.79 Å². The number of rotatable bonds is 7. The number of ether oxygens (including phenoxy) is 1.